The fourth-order valence-electron chi connectivity index (χ4n) is 5.18. The van der Waals surface area contributed by atoms with Crippen molar-refractivity contribution in [1.29, 1.82) is 0 Å². The van der Waals surface area contributed by atoms with Crippen molar-refractivity contribution in [2.45, 2.75) is 31.6 Å². The van der Waals surface area contributed by atoms with Crippen molar-refractivity contribution in [3.8, 4) is 22.5 Å². The Hall–Kier alpha value is -3.97. The van der Waals surface area contributed by atoms with Gasteiger partial charge in [-0.05, 0) is 43.9 Å². The van der Waals surface area contributed by atoms with Crippen molar-refractivity contribution in [3.63, 3.8) is 0 Å². The second-order valence-corrected chi connectivity index (χ2v) is 9.76. The quantitative estimate of drug-likeness (QED) is 0.306. The molecule has 0 amide bonds. The van der Waals surface area contributed by atoms with Crippen molar-refractivity contribution >= 4 is 39.8 Å². The number of aliphatic carboxylic acids is 1. The minimum atomic E-state index is -0.716. The summed E-state index contributed by atoms with van der Waals surface area (Å²) in [6.45, 7) is 0. The van der Waals surface area contributed by atoms with Gasteiger partial charge in [0.1, 0.15) is 17.2 Å². The van der Waals surface area contributed by atoms with Crippen LogP contribution in [0.15, 0.2) is 67.0 Å². The van der Waals surface area contributed by atoms with Gasteiger partial charge in [0.05, 0.1) is 34.0 Å². The lowest BCUT2D eigenvalue weighted by molar-refractivity contribution is -0.142. The standard InChI is InChI=1S/C28H24ClN5O2/c29-21-12-19-10-11-22(16-4-2-1-3-5-16)32-23(19)13-20(21)24-15-34-25(26(30)33-24)14-31-27(34)17-6-8-18(9-7-17)28(35)36/h1-5,10-15,17-18H,6-9H2,(H2,30,33)(H,35,36). The number of benzene rings is 2. The number of halogens is 1. The van der Waals surface area contributed by atoms with Crippen molar-refractivity contribution in [2.75, 3.05) is 5.73 Å². The summed E-state index contributed by atoms with van der Waals surface area (Å²) in [6, 6.07) is 17.9. The Morgan fingerprint density at radius 2 is 1.78 bits per heavy atom. The number of nitrogens with zero attached hydrogens (tertiary/aromatic N) is 4. The number of fused-ring (bicyclic) bond motifs is 2. The van der Waals surface area contributed by atoms with Crippen LogP contribution in [0, 0.1) is 5.92 Å². The molecule has 7 nitrogen and oxygen atoms in total. The van der Waals surface area contributed by atoms with Crippen LogP contribution < -0.4 is 5.73 Å². The Balaban J connectivity index is 1.42. The minimum absolute atomic E-state index is 0.167. The lowest BCUT2D eigenvalue weighted by atomic mass is 9.81. The first-order valence-corrected chi connectivity index (χ1v) is 12.4. The molecule has 0 saturated heterocycles. The molecule has 0 unspecified atom stereocenters. The van der Waals surface area contributed by atoms with E-state index < -0.39 is 5.97 Å². The third-order valence-electron chi connectivity index (χ3n) is 7.15. The molecule has 6 rings (SSSR count). The minimum Gasteiger partial charge on any atom is -0.481 e. The Morgan fingerprint density at radius 1 is 1.00 bits per heavy atom. The van der Waals surface area contributed by atoms with E-state index >= 15 is 0 Å². The van der Waals surface area contributed by atoms with E-state index in [0.29, 0.717) is 29.4 Å². The van der Waals surface area contributed by atoms with E-state index in [-0.39, 0.29) is 11.8 Å². The van der Waals surface area contributed by atoms with Crippen molar-refractivity contribution < 1.29 is 9.90 Å². The van der Waals surface area contributed by atoms with Crippen LogP contribution in [0.4, 0.5) is 5.82 Å². The lowest BCUT2D eigenvalue weighted by Crippen LogP contribution is -2.21. The number of carboxylic acid groups (broad SMARTS) is 1. The Kier molecular flexibility index (Phi) is 5.57. The molecular formula is C28H24ClN5O2. The second kappa shape index (κ2) is 8.91. The SMILES string of the molecule is Nc1nc(-c2cc3nc(-c4ccccc4)ccc3cc2Cl)cn2c(C3CCC(C(=O)O)CC3)ncc12. The zero-order chi connectivity index (χ0) is 24.8. The maximum atomic E-state index is 11.4. The van der Waals surface area contributed by atoms with Gasteiger partial charge >= 0.3 is 5.97 Å². The molecule has 0 spiro atoms. The highest BCUT2D eigenvalue weighted by atomic mass is 35.5. The zero-order valence-electron chi connectivity index (χ0n) is 19.4. The predicted octanol–water partition coefficient (Wildman–Crippen LogP) is 6.21. The summed E-state index contributed by atoms with van der Waals surface area (Å²) < 4.78 is 1.98. The fourth-order valence-corrected chi connectivity index (χ4v) is 5.45. The van der Waals surface area contributed by atoms with Crippen molar-refractivity contribution in [3.05, 3.63) is 77.8 Å². The monoisotopic (exact) mass is 497 g/mol. The highest BCUT2D eigenvalue weighted by Gasteiger charge is 2.29. The number of carboxylic acids is 1. The molecule has 36 heavy (non-hydrogen) atoms. The molecular weight excluding hydrogens is 474 g/mol. The third-order valence-corrected chi connectivity index (χ3v) is 7.46. The molecule has 8 heteroatoms. The first-order chi connectivity index (χ1) is 17.5. The van der Waals surface area contributed by atoms with Crippen molar-refractivity contribution in [1.82, 2.24) is 19.4 Å². The zero-order valence-corrected chi connectivity index (χ0v) is 20.2. The van der Waals surface area contributed by atoms with E-state index in [2.05, 4.69) is 9.97 Å². The fraction of sp³-hybridized carbons (Fsp3) is 0.214. The predicted molar refractivity (Wildman–Crippen MR) is 141 cm³/mol. The van der Waals surface area contributed by atoms with Crippen LogP contribution in [0.25, 0.3) is 38.9 Å². The summed E-state index contributed by atoms with van der Waals surface area (Å²) in [4.78, 5) is 25.5. The van der Waals surface area contributed by atoms with Gasteiger partial charge in [0.15, 0.2) is 0 Å². The molecule has 3 aromatic heterocycles. The summed E-state index contributed by atoms with van der Waals surface area (Å²) in [5.74, 6) is 0.421. The summed E-state index contributed by atoms with van der Waals surface area (Å²) in [5.41, 5.74) is 11.2. The molecule has 0 radical (unpaired) electrons. The number of hydrogen-bond donors (Lipinski definition) is 2. The van der Waals surface area contributed by atoms with Crippen LogP contribution in [-0.4, -0.2) is 30.4 Å². The molecule has 0 bridgehead atoms. The molecule has 3 heterocycles. The van der Waals surface area contributed by atoms with E-state index in [1.165, 1.54) is 0 Å². The Labute approximate surface area is 212 Å². The van der Waals surface area contributed by atoms with Crippen LogP contribution in [-0.2, 0) is 4.79 Å². The molecule has 0 aliphatic heterocycles. The number of carbonyl (C=O) groups is 1. The van der Waals surface area contributed by atoms with Crippen molar-refractivity contribution in [2.24, 2.45) is 5.92 Å². The van der Waals surface area contributed by atoms with Crippen LogP contribution in [0.2, 0.25) is 5.02 Å². The maximum absolute atomic E-state index is 11.4. The van der Waals surface area contributed by atoms with E-state index in [4.69, 9.17) is 22.3 Å². The number of rotatable bonds is 4. The summed E-state index contributed by atoms with van der Waals surface area (Å²) in [5, 5.41) is 10.8. The van der Waals surface area contributed by atoms with E-state index in [1.807, 2.05) is 65.2 Å². The average Bonchev–Trinajstić information content (AvgIpc) is 3.33. The maximum Gasteiger partial charge on any atom is 0.306 e. The smallest absolute Gasteiger partial charge is 0.306 e. The number of imidazole rings is 1. The van der Waals surface area contributed by atoms with Crippen LogP contribution in [0.3, 0.4) is 0 Å². The van der Waals surface area contributed by atoms with Gasteiger partial charge in [-0.15, -0.1) is 0 Å². The van der Waals surface area contributed by atoms with E-state index in [9.17, 15) is 9.90 Å². The molecule has 5 aromatic rings. The van der Waals surface area contributed by atoms with Gasteiger partial charge in [0.25, 0.3) is 0 Å². The van der Waals surface area contributed by atoms with Gasteiger partial charge in [0.2, 0.25) is 0 Å². The van der Waals surface area contributed by atoms with Gasteiger partial charge in [-0.1, -0.05) is 48.0 Å². The topological polar surface area (TPSA) is 106 Å². The van der Waals surface area contributed by atoms with Gasteiger partial charge in [0, 0.05) is 28.6 Å². The van der Waals surface area contributed by atoms with Crippen LogP contribution in [0.5, 0.6) is 0 Å². The van der Waals surface area contributed by atoms with Gasteiger partial charge < -0.3 is 10.8 Å². The second-order valence-electron chi connectivity index (χ2n) is 9.36. The summed E-state index contributed by atoms with van der Waals surface area (Å²) in [7, 11) is 0. The van der Waals surface area contributed by atoms with Gasteiger partial charge in [-0.3, -0.25) is 9.20 Å². The Bertz CT molecular complexity index is 1610. The average molecular weight is 498 g/mol. The van der Waals surface area contributed by atoms with Gasteiger partial charge in [-0.2, -0.15) is 0 Å². The molecule has 1 aliphatic rings. The highest BCUT2D eigenvalue weighted by molar-refractivity contribution is 6.34. The van der Waals surface area contributed by atoms with Crippen LogP contribution >= 0.6 is 11.6 Å². The molecule has 1 saturated carbocycles. The number of pyridine rings is 1. The van der Waals surface area contributed by atoms with Crippen LogP contribution in [0.1, 0.15) is 37.4 Å². The summed E-state index contributed by atoms with van der Waals surface area (Å²) in [6.07, 6.45) is 6.50. The molecule has 3 N–H and O–H groups in total. The molecule has 1 aliphatic carbocycles. The molecule has 0 atom stereocenters. The van der Waals surface area contributed by atoms with E-state index in [0.717, 1.165) is 51.9 Å². The summed E-state index contributed by atoms with van der Waals surface area (Å²) >= 11 is 6.72. The largest absolute Gasteiger partial charge is 0.481 e. The highest BCUT2D eigenvalue weighted by Crippen LogP contribution is 2.37. The lowest BCUT2D eigenvalue weighted by Gasteiger charge is -2.25. The number of nitrogens with two attached hydrogens (primary N) is 1. The molecule has 1 fully saturated rings. The first-order valence-electron chi connectivity index (χ1n) is 12.0. The van der Waals surface area contributed by atoms with Gasteiger partial charge in [-0.25, -0.2) is 15.0 Å². The molecule has 2 aromatic carbocycles. The number of hydrogen-bond acceptors (Lipinski definition) is 5. The number of anilines is 1. The number of aromatic nitrogens is 4. The van der Waals surface area contributed by atoms with E-state index in [1.54, 1.807) is 6.20 Å². The Morgan fingerprint density at radius 3 is 2.53 bits per heavy atom. The molecule has 180 valence electrons. The normalized spacial score (nSPS) is 18.0. The third kappa shape index (κ3) is 3.95. The number of nitrogen functional groups attached to an aromatic ring is 1. The first kappa shape index (κ1) is 22.5.